The van der Waals surface area contributed by atoms with Crippen LogP contribution < -0.4 is 4.74 Å². The van der Waals surface area contributed by atoms with Gasteiger partial charge in [0.25, 0.3) is 11.7 Å². The summed E-state index contributed by atoms with van der Waals surface area (Å²) in [6.07, 6.45) is 0.387. The van der Waals surface area contributed by atoms with Crippen LogP contribution in [-0.4, -0.2) is 35.4 Å². The third kappa shape index (κ3) is 4.36. The van der Waals surface area contributed by atoms with Crippen molar-refractivity contribution in [1.29, 1.82) is 0 Å². The molecule has 1 unspecified atom stereocenters. The summed E-state index contributed by atoms with van der Waals surface area (Å²) in [5, 5.41) is 11.3. The predicted octanol–water partition coefficient (Wildman–Crippen LogP) is 5.05. The first-order chi connectivity index (χ1) is 15.8. The molecular formula is C25H21ClFNO5. The first-order valence-corrected chi connectivity index (χ1v) is 10.6. The van der Waals surface area contributed by atoms with E-state index in [1.807, 2.05) is 0 Å². The van der Waals surface area contributed by atoms with Crippen molar-refractivity contribution in [3.05, 3.63) is 93.7 Å². The minimum Gasteiger partial charge on any atom is -0.507 e. The molecule has 2 heterocycles. The predicted molar refractivity (Wildman–Crippen MR) is 121 cm³/mol. The van der Waals surface area contributed by atoms with E-state index in [1.54, 1.807) is 43.3 Å². The van der Waals surface area contributed by atoms with Gasteiger partial charge in [0, 0.05) is 12.1 Å². The van der Waals surface area contributed by atoms with E-state index < -0.39 is 17.7 Å². The Balaban J connectivity index is 1.76. The molecule has 0 aliphatic carbocycles. The lowest BCUT2D eigenvalue weighted by Crippen LogP contribution is -2.31. The fourth-order valence-corrected chi connectivity index (χ4v) is 4.13. The van der Waals surface area contributed by atoms with Crippen LogP contribution in [0.1, 0.15) is 28.7 Å². The van der Waals surface area contributed by atoms with Crippen LogP contribution in [0, 0.1) is 12.7 Å². The summed E-state index contributed by atoms with van der Waals surface area (Å²) in [5.74, 6) is -0.931. The molecule has 1 atom stereocenters. The highest BCUT2D eigenvalue weighted by Gasteiger charge is 2.47. The van der Waals surface area contributed by atoms with Gasteiger partial charge < -0.3 is 19.2 Å². The molecule has 2 aromatic carbocycles. The number of halogens is 2. The van der Waals surface area contributed by atoms with Gasteiger partial charge in [-0.3, -0.25) is 9.59 Å². The molecule has 8 heteroatoms. The molecule has 0 radical (unpaired) electrons. The zero-order valence-electron chi connectivity index (χ0n) is 18.0. The van der Waals surface area contributed by atoms with Crippen LogP contribution in [0.15, 0.2) is 64.6 Å². The topological polar surface area (TPSA) is 80.0 Å². The van der Waals surface area contributed by atoms with Crippen molar-refractivity contribution >= 4 is 29.1 Å². The molecule has 3 aromatic rings. The molecule has 6 nitrogen and oxygen atoms in total. The second-order valence-electron chi connectivity index (χ2n) is 7.67. The number of benzene rings is 2. The van der Waals surface area contributed by atoms with Crippen LogP contribution in [0.2, 0.25) is 5.02 Å². The molecule has 170 valence electrons. The number of furan rings is 1. The summed E-state index contributed by atoms with van der Waals surface area (Å²) in [7, 11) is 1.46. The molecule has 1 fully saturated rings. The van der Waals surface area contributed by atoms with E-state index in [4.69, 9.17) is 20.8 Å². The number of hydrogen-bond acceptors (Lipinski definition) is 5. The smallest absolute Gasteiger partial charge is 0.295 e. The van der Waals surface area contributed by atoms with Gasteiger partial charge in [-0.2, -0.15) is 0 Å². The number of ether oxygens (including phenoxy) is 1. The number of aliphatic hydroxyl groups is 1. The molecule has 1 aromatic heterocycles. The second-order valence-corrected chi connectivity index (χ2v) is 8.07. The summed E-state index contributed by atoms with van der Waals surface area (Å²) in [6.45, 7) is 1.91. The van der Waals surface area contributed by atoms with Gasteiger partial charge in [-0.25, -0.2) is 4.39 Å². The number of ketones is 1. The molecule has 1 aliphatic rings. The lowest BCUT2D eigenvalue weighted by atomic mass is 9.99. The number of Topliss-reactive ketones (excluding diaryl/α,β-unsaturated/α-hetero) is 1. The number of aliphatic hydroxyl groups excluding tert-OH is 1. The van der Waals surface area contributed by atoms with Crippen molar-refractivity contribution in [2.75, 3.05) is 13.7 Å². The summed E-state index contributed by atoms with van der Waals surface area (Å²) >= 11 is 6.19. The zero-order chi connectivity index (χ0) is 23.7. The quantitative estimate of drug-likeness (QED) is 0.310. The molecule has 1 saturated heterocycles. The maximum atomic E-state index is 13.2. The number of nitrogens with zero attached hydrogens (tertiary/aromatic N) is 1. The summed E-state index contributed by atoms with van der Waals surface area (Å²) in [6, 6.07) is 13.0. The SMILES string of the molecule is COc1ccc(/C(O)=C2/C(=O)C(=O)N(CCc3ccc(F)cc3)C2c2ccc(C)o2)cc1Cl. The Bertz CT molecular complexity index is 1250. The maximum Gasteiger partial charge on any atom is 0.295 e. The molecule has 1 amide bonds. The fraction of sp³-hybridized carbons (Fsp3) is 0.200. The van der Waals surface area contributed by atoms with Crippen LogP contribution in [0.4, 0.5) is 4.39 Å². The third-order valence-electron chi connectivity index (χ3n) is 5.55. The first kappa shape index (κ1) is 22.6. The number of rotatable bonds is 6. The zero-order valence-corrected chi connectivity index (χ0v) is 18.7. The van der Waals surface area contributed by atoms with E-state index in [0.29, 0.717) is 23.7 Å². The third-order valence-corrected chi connectivity index (χ3v) is 5.85. The molecule has 0 bridgehead atoms. The highest BCUT2D eigenvalue weighted by Crippen LogP contribution is 2.40. The van der Waals surface area contributed by atoms with Crippen molar-refractivity contribution in [3.63, 3.8) is 0 Å². The van der Waals surface area contributed by atoms with E-state index in [2.05, 4.69) is 0 Å². The van der Waals surface area contributed by atoms with Gasteiger partial charge in [-0.1, -0.05) is 23.7 Å². The number of carbonyl (C=O) groups is 2. The molecule has 4 rings (SSSR count). The van der Waals surface area contributed by atoms with E-state index >= 15 is 0 Å². The molecular weight excluding hydrogens is 449 g/mol. The lowest BCUT2D eigenvalue weighted by Gasteiger charge is -2.23. The standard InChI is InChI=1S/C25H21ClFNO5/c1-14-3-9-20(33-14)22-21(23(29)16-6-10-19(32-2)18(26)13-16)24(30)25(31)28(22)12-11-15-4-7-17(27)8-5-15/h3-10,13,22,29H,11-12H2,1-2H3/b23-21-. The number of aryl methyl sites for hydroxylation is 1. The van der Waals surface area contributed by atoms with Crippen LogP contribution >= 0.6 is 11.6 Å². The number of likely N-dealkylation sites (tertiary alicyclic amines) is 1. The average molecular weight is 470 g/mol. The molecule has 0 spiro atoms. The molecule has 33 heavy (non-hydrogen) atoms. The van der Waals surface area contributed by atoms with Gasteiger partial charge in [0.2, 0.25) is 0 Å². The van der Waals surface area contributed by atoms with Crippen LogP contribution in [0.5, 0.6) is 5.75 Å². The summed E-state index contributed by atoms with van der Waals surface area (Å²) < 4.78 is 24.1. The average Bonchev–Trinajstić information content (AvgIpc) is 3.34. The minimum atomic E-state index is -0.917. The maximum absolute atomic E-state index is 13.2. The minimum absolute atomic E-state index is 0.0883. The lowest BCUT2D eigenvalue weighted by molar-refractivity contribution is -0.140. The van der Waals surface area contributed by atoms with E-state index in [0.717, 1.165) is 5.56 Å². The van der Waals surface area contributed by atoms with Crippen LogP contribution in [-0.2, 0) is 16.0 Å². The largest absolute Gasteiger partial charge is 0.507 e. The second kappa shape index (κ2) is 9.11. The Morgan fingerprint density at radius 1 is 1.15 bits per heavy atom. The summed E-state index contributed by atoms with van der Waals surface area (Å²) in [5.41, 5.74) is 0.981. The first-order valence-electron chi connectivity index (χ1n) is 10.2. The molecule has 1 N–H and O–H groups in total. The highest BCUT2D eigenvalue weighted by molar-refractivity contribution is 6.46. The van der Waals surface area contributed by atoms with E-state index in [-0.39, 0.29) is 34.3 Å². The Hall–Kier alpha value is -3.58. The monoisotopic (exact) mass is 469 g/mol. The van der Waals surface area contributed by atoms with E-state index in [1.165, 1.54) is 30.2 Å². The van der Waals surface area contributed by atoms with Crippen LogP contribution in [0.3, 0.4) is 0 Å². The van der Waals surface area contributed by atoms with Crippen molar-refractivity contribution in [1.82, 2.24) is 4.90 Å². The van der Waals surface area contributed by atoms with Crippen molar-refractivity contribution < 1.29 is 28.2 Å². The Morgan fingerprint density at radius 3 is 2.48 bits per heavy atom. The van der Waals surface area contributed by atoms with Crippen molar-refractivity contribution in [2.45, 2.75) is 19.4 Å². The normalized spacial score (nSPS) is 17.6. The van der Waals surface area contributed by atoms with Gasteiger partial charge in [-0.05, 0) is 61.4 Å². The number of carbonyl (C=O) groups excluding carboxylic acids is 2. The van der Waals surface area contributed by atoms with Crippen molar-refractivity contribution in [2.24, 2.45) is 0 Å². The van der Waals surface area contributed by atoms with Gasteiger partial charge in [-0.15, -0.1) is 0 Å². The Kier molecular flexibility index (Phi) is 6.24. The van der Waals surface area contributed by atoms with E-state index in [9.17, 15) is 19.1 Å². The van der Waals surface area contributed by atoms with Gasteiger partial charge in [0.05, 0.1) is 17.7 Å². The number of methoxy groups -OCH3 is 1. The Morgan fingerprint density at radius 2 is 1.88 bits per heavy atom. The number of amides is 1. The van der Waals surface area contributed by atoms with Gasteiger partial charge in [0.1, 0.15) is 34.9 Å². The Labute approximate surface area is 194 Å². The van der Waals surface area contributed by atoms with Crippen LogP contribution in [0.25, 0.3) is 5.76 Å². The highest BCUT2D eigenvalue weighted by atomic mass is 35.5. The molecule has 1 aliphatic heterocycles. The molecule has 0 saturated carbocycles. The van der Waals surface area contributed by atoms with Gasteiger partial charge in [0.15, 0.2) is 0 Å². The number of hydrogen-bond donors (Lipinski definition) is 1. The van der Waals surface area contributed by atoms with Gasteiger partial charge >= 0.3 is 0 Å². The fourth-order valence-electron chi connectivity index (χ4n) is 3.88. The summed E-state index contributed by atoms with van der Waals surface area (Å²) in [4.78, 5) is 27.4. The van der Waals surface area contributed by atoms with Crippen molar-refractivity contribution in [3.8, 4) is 5.75 Å².